The van der Waals surface area contributed by atoms with Crippen LogP contribution in [0.25, 0.3) is 0 Å². The molecular formula is C17H21BrS. The lowest BCUT2D eigenvalue weighted by molar-refractivity contribution is 0.647. The van der Waals surface area contributed by atoms with E-state index in [1.54, 1.807) is 0 Å². The molecule has 0 aliphatic rings. The summed E-state index contributed by atoms with van der Waals surface area (Å²) >= 11 is 5.73. The molecule has 0 aliphatic heterocycles. The summed E-state index contributed by atoms with van der Waals surface area (Å²) in [5.41, 5.74) is 2.77. The Kier molecular flexibility index (Phi) is 5.23. The molecule has 0 radical (unpaired) electrons. The minimum Gasteiger partial charge on any atom is -0.144 e. The molecule has 0 saturated carbocycles. The van der Waals surface area contributed by atoms with Gasteiger partial charge >= 0.3 is 0 Å². The van der Waals surface area contributed by atoms with Crippen LogP contribution in [0.15, 0.2) is 36.4 Å². The number of benzene rings is 1. The molecule has 102 valence electrons. The number of rotatable bonds is 5. The monoisotopic (exact) mass is 336 g/mol. The van der Waals surface area contributed by atoms with Gasteiger partial charge in [0.25, 0.3) is 0 Å². The summed E-state index contributed by atoms with van der Waals surface area (Å²) in [5.74, 6) is 0.718. The second kappa shape index (κ2) is 6.71. The lowest BCUT2D eigenvalue weighted by atomic mass is 10.0. The second-order valence-corrected chi connectivity index (χ2v) is 7.48. The van der Waals surface area contributed by atoms with Crippen molar-refractivity contribution in [3.63, 3.8) is 0 Å². The van der Waals surface area contributed by atoms with Crippen LogP contribution in [0.2, 0.25) is 0 Å². The topological polar surface area (TPSA) is 0 Å². The van der Waals surface area contributed by atoms with Gasteiger partial charge in [0.15, 0.2) is 0 Å². The van der Waals surface area contributed by atoms with Crippen molar-refractivity contribution >= 4 is 27.3 Å². The van der Waals surface area contributed by atoms with Gasteiger partial charge in [-0.15, -0.1) is 11.3 Å². The Morgan fingerprint density at radius 1 is 1.05 bits per heavy atom. The average molecular weight is 337 g/mol. The molecule has 0 spiro atoms. The number of hydrogen-bond donors (Lipinski definition) is 0. The van der Waals surface area contributed by atoms with Crippen LogP contribution in [0.1, 0.15) is 46.5 Å². The van der Waals surface area contributed by atoms with E-state index in [9.17, 15) is 0 Å². The Labute approximate surface area is 129 Å². The highest BCUT2D eigenvalue weighted by atomic mass is 79.9. The summed E-state index contributed by atoms with van der Waals surface area (Å²) < 4.78 is 0. The van der Waals surface area contributed by atoms with Gasteiger partial charge in [-0.25, -0.2) is 0 Å². The molecule has 1 unspecified atom stereocenters. The highest BCUT2D eigenvalue weighted by molar-refractivity contribution is 9.09. The fourth-order valence-corrected chi connectivity index (χ4v) is 3.88. The molecular weight excluding hydrogens is 316 g/mol. The number of thiophene rings is 1. The number of alkyl halides is 1. The van der Waals surface area contributed by atoms with E-state index in [1.165, 1.54) is 20.9 Å². The third kappa shape index (κ3) is 3.93. The lowest BCUT2D eigenvalue weighted by Crippen LogP contribution is -1.95. The molecule has 0 amide bonds. The van der Waals surface area contributed by atoms with Crippen LogP contribution in [-0.4, -0.2) is 0 Å². The molecule has 2 aromatic rings. The molecule has 0 saturated heterocycles. The molecule has 19 heavy (non-hydrogen) atoms. The molecule has 0 nitrogen and oxygen atoms in total. The minimum absolute atomic E-state index is 0.325. The Morgan fingerprint density at radius 2 is 1.74 bits per heavy atom. The number of hydrogen-bond acceptors (Lipinski definition) is 1. The smallest absolute Gasteiger partial charge is 0.0738 e. The van der Waals surface area contributed by atoms with E-state index in [-0.39, 0.29) is 0 Å². The van der Waals surface area contributed by atoms with E-state index in [1.807, 2.05) is 11.3 Å². The van der Waals surface area contributed by atoms with Crippen molar-refractivity contribution in [1.29, 1.82) is 0 Å². The van der Waals surface area contributed by atoms with E-state index in [0.29, 0.717) is 4.83 Å². The van der Waals surface area contributed by atoms with Crippen molar-refractivity contribution in [3.05, 3.63) is 57.3 Å². The van der Waals surface area contributed by atoms with Crippen molar-refractivity contribution in [2.24, 2.45) is 5.92 Å². The van der Waals surface area contributed by atoms with E-state index in [2.05, 4.69) is 73.1 Å². The van der Waals surface area contributed by atoms with Gasteiger partial charge in [-0.3, -0.25) is 0 Å². The van der Waals surface area contributed by atoms with Crippen LogP contribution in [0, 0.1) is 5.92 Å². The van der Waals surface area contributed by atoms with E-state index in [4.69, 9.17) is 0 Å². The molecule has 0 N–H and O–H groups in total. The third-order valence-corrected chi connectivity index (χ3v) is 5.82. The summed E-state index contributed by atoms with van der Waals surface area (Å²) in [5, 5.41) is 0. The fourth-order valence-electron chi connectivity index (χ4n) is 2.18. The molecule has 2 rings (SSSR count). The summed E-state index contributed by atoms with van der Waals surface area (Å²) in [7, 11) is 0. The Hall–Kier alpha value is -0.600. The minimum atomic E-state index is 0.325. The first-order valence-electron chi connectivity index (χ1n) is 6.91. The standard InChI is InChI=1S/C17H21BrS/c1-4-15-9-10-16(19-15)17(18)14-7-5-13(6-8-14)11-12(2)3/h5-10,12,17H,4,11H2,1-3H3. The van der Waals surface area contributed by atoms with Crippen molar-refractivity contribution in [1.82, 2.24) is 0 Å². The lowest BCUT2D eigenvalue weighted by Gasteiger charge is -2.10. The molecule has 0 aliphatic carbocycles. The predicted octanol–water partition coefficient (Wildman–Crippen LogP) is 5.99. The zero-order valence-electron chi connectivity index (χ0n) is 11.8. The Bertz CT molecular complexity index is 510. The largest absolute Gasteiger partial charge is 0.144 e. The van der Waals surface area contributed by atoms with E-state index in [0.717, 1.165) is 18.8 Å². The van der Waals surface area contributed by atoms with E-state index >= 15 is 0 Å². The van der Waals surface area contributed by atoms with Crippen LogP contribution in [0.5, 0.6) is 0 Å². The molecule has 1 aromatic carbocycles. The van der Waals surface area contributed by atoms with Crippen molar-refractivity contribution < 1.29 is 0 Å². The summed E-state index contributed by atoms with van der Waals surface area (Å²) in [6.45, 7) is 6.73. The SMILES string of the molecule is CCc1ccc(C(Br)c2ccc(CC(C)C)cc2)s1. The maximum Gasteiger partial charge on any atom is 0.0738 e. The quantitative estimate of drug-likeness (QED) is 0.588. The van der Waals surface area contributed by atoms with Gasteiger partial charge in [-0.2, -0.15) is 0 Å². The Balaban J connectivity index is 2.12. The van der Waals surface area contributed by atoms with Crippen LogP contribution in [0.4, 0.5) is 0 Å². The van der Waals surface area contributed by atoms with E-state index < -0.39 is 0 Å². The Morgan fingerprint density at radius 3 is 2.26 bits per heavy atom. The zero-order valence-corrected chi connectivity index (χ0v) is 14.2. The fraction of sp³-hybridized carbons (Fsp3) is 0.412. The van der Waals surface area contributed by atoms with Crippen LogP contribution >= 0.6 is 27.3 Å². The molecule has 0 fully saturated rings. The van der Waals surface area contributed by atoms with Gasteiger partial charge in [0, 0.05) is 9.75 Å². The highest BCUT2D eigenvalue weighted by Gasteiger charge is 2.12. The summed E-state index contributed by atoms with van der Waals surface area (Å²) in [6, 6.07) is 13.5. The predicted molar refractivity (Wildman–Crippen MR) is 89.5 cm³/mol. The third-order valence-electron chi connectivity index (χ3n) is 3.20. The van der Waals surface area contributed by atoms with Crippen molar-refractivity contribution in [2.45, 2.75) is 38.4 Å². The first-order chi connectivity index (χ1) is 9.10. The number of halogens is 1. The average Bonchev–Trinajstić information content (AvgIpc) is 2.87. The maximum atomic E-state index is 3.82. The molecule has 2 heteroatoms. The van der Waals surface area contributed by atoms with Crippen molar-refractivity contribution in [2.75, 3.05) is 0 Å². The van der Waals surface area contributed by atoms with Crippen LogP contribution in [-0.2, 0) is 12.8 Å². The van der Waals surface area contributed by atoms with Gasteiger partial charge in [0.1, 0.15) is 0 Å². The van der Waals surface area contributed by atoms with Gasteiger partial charge < -0.3 is 0 Å². The molecule has 1 aromatic heterocycles. The van der Waals surface area contributed by atoms with Gasteiger partial charge in [0.05, 0.1) is 4.83 Å². The molecule has 0 bridgehead atoms. The van der Waals surface area contributed by atoms with Crippen molar-refractivity contribution in [3.8, 4) is 0 Å². The van der Waals surface area contributed by atoms with Crippen LogP contribution in [0.3, 0.4) is 0 Å². The number of aryl methyl sites for hydroxylation is 1. The van der Waals surface area contributed by atoms with Gasteiger partial charge in [-0.1, -0.05) is 61.0 Å². The highest BCUT2D eigenvalue weighted by Crippen LogP contribution is 2.35. The van der Waals surface area contributed by atoms with Crippen LogP contribution < -0.4 is 0 Å². The molecule has 1 atom stereocenters. The molecule has 1 heterocycles. The maximum absolute atomic E-state index is 3.82. The summed E-state index contributed by atoms with van der Waals surface area (Å²) in [4.78, 5) is 3.18. The summed E-state index contributed by atoms with van der Waals surface area (Å²) in [6.07, 6.45) is 2.28. The second-order valence-electron chi connectivity index (χ2n) is 5.36. The first kappa shape index (κ1) is 14.8. The van der Waals surface area contributed by atoms with Gasteiger partial charge in [-0.05, 0) is 42.0 Å². The van der Waals surface area contributed by atoms with Gasteiger partial charge in [0.2, 0.25) is 0 Å². The normalized spacial score (nSPS) is 12.9. The first-order valence-corrected chi connectivity index (χ1v) is 8.65. The zero-order chi connectivity index (χ0) is 13.8.